The molecule has 1 N–H and O–H groups in total. The summed E-state index contributed by atoms with van der Waals surface area (Å²) in [6.07, 6.45) is 1.44. The first kappa shape index (κ1) is 32.6. The molecule has 0 aliphatic carbocycles. The van der Waals surface area contributed by atoms with E-state index in [0.29, 0.717) is 28.2 Å². The normalized spacial score (nSPS) is 15.8. The summed E-state index contributed by atoms with van der Waals surface area (Å²) in [7, 11) is 0. The van der Waals surface area contributed by atoms with Crippen molar-refractivity contribution in [2.24, 2.45) is 0 Å². The van der Waals surface area contributed by atoms with Crippen LogP contribution in [-0.4, -0.2) is 19.6 Å². The first-order valence-electron chi connectivity index (χ1n) is 29.5. The zero-order chi connectivity index (χ0) is 59.3. The third-order valence-corrected chi connectivity index (χ3v) is 12.6. The first-order valence-corrected chi connectivity index (χ1v) is 23.0. The molecule has 7 aromatic carbocycles. The van der Waals surface area contributed by atoms with E-state index in [4.69, 9.17) is 25.0 Å². The molecule has 0 bridgehead atoms. The van der Waals surface area contributed by atoms with Gasteiger partial charge >= 0.3 is 0 Å². The van der Waals surface area contributed by atoms with Gasteiger partial charge in [-0.1, -0.05) is 192 Å². The number of fused-ring (bicyclic) bond motifs is 1. The van der Waals surface area contributed by atoms with Gasteiger partial charge in [0, 0.05) is 35.2 Å². The van der Waals surface area contributed by atoms with Gasteiger partial charge in [-0.3, -0.25) is 9.55 Å². The van der Waals surface area contributed by atoms with Crippen LogP contribution in [0.2, 0.25) is 0 Å². The number of aromatic hydroxyl groups is 1. The minimum Gasteiger partial charge on any atom is -0.507 e. The number of pyridine rings is 1. The molecular weight excluding hydrogens is 827 g/mol. The second-order valence-corrected chi connectivity index (χ2v) is 20.8. The summed E-state index contributed by atoms with van der Waals surface area (Å²) in [4.78, 5) is 10.4. The molecule has 9 aromatic rings. The Hall–Kier alpha value is -7.04. The van der Waals surface area contributed by atoms with E-state index in [9.17, 15) is 7.85 Å². The largest absolute Gasteiger partial charge is 0.507 e. The molecule has 0 atom stereocenters. The van der Waals surface area contributed by atoms with Crippen LogP contribution in [-0.2, 0) is 21.7 Å². The minimum atomic E-state index is -3.82. The van der Waals surface area contributed by atoms with Crippen LogP contribution < -0.4 is 0 Å². The van der Waals surface area contributed by atoms with Crippen LogP contribution in [0.3, 0.4) is 0 Å². The Balaban J connectivity index is 1.32. The molecule has 0 aliphatic rings. The highest BCUT2D eigenvalue weighted by atomic mass is 16.3. The van der Waals surface area contributed by atoms with Crippen LogP contribution in [0.25, 0.3) is 83.9 Å². The molecular formula is C64H65N3O. The summed E-state index contributed by atoms with van der Waals surface area (Å²) >= 11 is 0. The van der Waals surface area contributed by atoms with Crippen LogP contribution >= 0.6 is 0 Å². The lowest BCUT2D eigenvalue weighted by molar-refractivity contribution is 0.446. The summed E-state index contributed by atoms with van der Waals surface area (Å²) < 4.78 is 113. The quantitative estimate of drug-likeness (QED) is 0.173. The number of imidazole rings is 1. The second kappa shape index (κ2) is 17.2. The number of hydrogen-bond acceptors (Lipinski definition) is 3. The number of phenols is 1. The smallest absolute Gasteiger partial charge is 0.149 e. The molecule has 0 radical (unpaired) electrons. The maximum atomic E-state index is 12.6. The summed E-state index contributed by atoms with van der Waals surface area (Å²) in [5.74, 6) is 0.673. The van der Waals surface area contributed by atoms with E-state index < -0.39 is 61.1 Å². The standard InChI is InChI=1S/C64H65N3O/c1-61(2,3)49-29-26-43(27-30-49)45-32-33-65-55(38-45)48-35-46(42-22-17-14-18-23-42)34-47(36-48)51-24-19-25-57-58(51)66-60(52-39-50(62(4,5)6)40-54(59(52)68)64(10,11)12)67(57)56-31-28-44(37-53(56)63(7,8)9)41-20-15-13-16-21-41/h13-40,68H,1-12H3/i1D3,2D3,3D3,26D,27D,29D,30D. The predicted octanol–water partition coefficient (Wildman–Crippen LogP) is 17.3. The van der Waals surface area contributed by atoms with Gasteiger partial charge in [-0.05, 0) is 132 Å². The Morgan fingerprint density at radius 1 is 0.471 bits per heavy atom. The van der Waals surface area contributed by atoms with Crippen molar-refractivity contribution in [1.82, 2.24) is 14.5 Å². The second-order valence-electron chi connectivity index (χ2n) is 20.8. The van der Waals surface area contributed by atoms with E-state index in [-0.39, 0.29) is 27.7 Å². The molecule has 4 heteroatoms. The average molecular weight is 905 g/mol. The molecule has 0 aliphatic heterocycles. The lowest BCUT2D eigenvalue weighted by Gasteiger charge is -2.28. The van der Waals surface area contributed by atoms with Gasteiger partial charge in [-0.15, -0.1) is 0 Å². The summed E-state index contributed by atoms with van der Waals surface area (Å²) in [6.45, 7) is 7.85. The fourth-order valence-corrected chi connectivity index (χ4v) is 8.82. The SMILES string of the molecule is [2H]c1c([2H])c(C(C([2H])([2H])[2H])(C([2H])([2H])[2H])C([2H])([2H])[2H])c([2H])c([2H])c1-c1ccnc(-c2cc(-c3ccccc3)cc(-c3cccc4c3nc(-c3cc(C(C)(C)C)cc(C(C)(C)C)c3O)n4-c3ccc(-c4ccccc4)cc3C(C)(C)C)c2)c1. The van der Waals surface area contributed by atoms with Gasteiger partial charge in [-0.2, -0.15) is 0 Å². The van der Waals surface area contributed by atoms with Gasteiger partial charge in [-0.25, -0.2) is 4.98 Å². The maximum absolute atomic E-state index is 12.6. The summed E-state index contributed by atoms with van der Waals surface area (Å²) in [6, 6.07) is 41.8. The number of nitrogens with zero attached hydrogens (tertiary/aromatic N) is 3. The molecule has 0 spiro atoms. The van der Waals surface area contributed by atoms with E-state index in [2.05, 4.69) is 115 Å². The van der Waals surface area contributed by atoms with Crippen molar-refractivity contribution in [1.29, 1.82) is 0 Å². The Bertz CT molecular complexity index is 3830. The van der Waals surface area contributed by atoms with Gasteiger partial charge in [0.25, 0.3) is 0 Å². The Labute approximate surface area is 422 Å². The van der Waals surface area contributed by atoms with Gasteiger partial charge in [0.05, 0.1) is 33.5 Å². The number of phenolic OH excluding ortho intramolecular Hbond substituents is 1. The highest BCUT2D eigenvalue weighted by Gasteiger charge is 2.30. The van der Waals surface area contributed by atoms with Crippen LogP contribution in [0.5, 0.6) is 5.75 Å². The molecule has 9 rings (SSSR count). The van der Waals surface area contributed by atoms with Gasteiger partial charge in [0.2, 0.25) is 0 Å². The molecule has 68 heavy (non-hydrogen) atoms. The van der Waals surface area contributed by atoms with Gasteiger partial charge < -0.3 is 5.11 Å². The monoisotopic (exact) mass is 905 g/mol. The highest BCUT2D eigenvalue weighted by molar-refractivity contribution is 5.98. The van der Waals surface area contributed by atoms with Gasteiger partial charge in [0.15, 0.2) is 0 Å². The van der Waals surface area contributed by atoms with Crippen LogP contribution in [0, 0.1) is 0 Å². The molecule has 0 saturated carbocycles. The number of aromatic nitrogens is 3. The Kier molecular flexibility index (Phi) is 8.27. The van der Waals surface area contributed by atoms with E-state index in [0.717, 1.165) is 61.3 Å². The fourth-order valence-electron chi connectivity index (χ4n) is 8.82. The lowest BCUT2D eigenvalue weighted by Crippen LogP contribution is -2.18. The van der Waals surface area contributed by atoms with Gasteiger partial charge in [0.1, 0.15) is 11.6 Å². The zero-order valence-corrected chi connectivity index (χ0v) is 40.1. The van der Waals surface area contributed by atoms with Crippen LogP contribution in [0.15, 0.2) is 170 Å². The molecule has 2 aromatic heterocycles. The average Bonchev–Trinajstić information content (AvgIpc) is 3.23. The van der Waals surface area contributed by atoms with E-state index in [1.807, 2.05) is 78.9 Å². The molecule has 4 nitrogen and oxygen atoms in total. The summed E-state index contributed by atoms with van der Waals surface area (Å²) in [5.41, 5.74) is 5.67. The topological polar surface area (TPSA) is 50.9 Å². The van der Waals surface area contributed by atoms with Crippen LogP contribution in [0.4, 0.5) is 0 Å². The maximum Gasteiger partial charge on any atom is 0.149 e. The number of para-hydroxylation sites is 1. The Morgan fingerprint density at radius 3 is 1.72 bits per heavy atom. The van der Waals surface area contributed by atoms with Crippen molar-refractivity contribution in [3.8, 4) is 78.6 Å². The molecule has 2 heterocycles. The third-order valence-electron chi connectivity index (χ3n) is 12.6. The number of hydrogen-bond donors (Lipinski definition) is 1. The molecule has 0 amide bonds. The van der Waals surface area contributed by atoms with Crippen molar-refractivity contribution in [3.63, 3.8) is 0 Å². The third kappa shape index (κ3) is 9.05. The predicted molar refractivity (Wildman–Crippen MR) is 288 cm³/mol. The van der Waals surface area contributed by atoms with Crippen molar-refractivity contribution in [3.05, 3.63) is 192 Å². The van der Waals surface area contributed by atoms with Crippen LogP contribution in [0.1, 0.15) is 123 Å². The summed E-state index contributed by atoms with van der Waals surface area (Å²) in [5, 5.41) is 12.6. The molecule has 0 fully saturated rings. The van der Waals surface area contributed by atoms with Crippen molar-refractivity contribution in [2.75, 3.05) is 0 Å². The van der Waals surface area contributed by atoms with E-state index >= 15 is 0 Å². The minimum absolute atomic E-state index is 0.128. The number of rotatable bonds is 7. The Morgan fingerprint density at radius 2 is 1.09 bits per heavy atom. The number of benzene rings is 7. The fraction of sp³-hybridized carbons (Fsp3) is 0.250. The first-order chi connectivity index (χ1) is 37.6. The van der Waals surface area contributed by atoms with E-state index in [1.54, 1.807) is 6.07 Å². The van der Waals surface area contributed by atoms with Crippen molar-refractivity contribution in [2.45, 2.75) is 105 Å². The van der Waals surface area contributed by atoms with E-state index in [1.165, 1.54) is 12.3 Å². The van der Waals surface area contributed by atoms with Crippen molar-refractivity contribution >= 4 is 11.0 Å². The molecule has 0 saturated heterocycles. The van der Waals surface area contributed by atoms with Crippen molar-refractivity contribution < 1.29 is 22.9 Å². The highest BCUT2D eigenvalue weighted by Crippen LogP contribution is 2.46. The molecule has 0 unspecified atom stereocenters. The lowest BCUT2D eigenvalue weighted by atomic mass is 9.78. The zero-order valence-electron chi connectivity index (χ0n) is 53.1. The molecule has 342 valence electrons.